The zero-order chi connectivity index (χ0) is 16.5. The fourth-order valence-electron chi connectivity index (χ4n) is 1.62. The lowest BCUT2D eigenvalue weighted by atomic mass is 10.1. The van der Waals surface area contributed by atoms with Gasteiger partial charge in [0.2, 0.25) is 0 Å². The first kappa shape index (κ1) is 16.8. The molecule has 0 bridgehead atoms. The highest BCUT2D eigenvalue weighted by atomic mass is 127. The van der Waals surface area contributed by atoms with Crippen molar-refractivity contribution in [3.63, 3.8) is 0 Å². The van der Waals surface area contributed by atoms with Crippen LogP contribution in [0.2, 0.25) is 0 Å². The molecule has 0 fully saturated rings. The third kappa shape index (κ3) is 4.24. The molecule has 0 saturated carbocycles. The molecule has 0 aliphatic heterocycles. The van der Waals surface area contributed by atoms with Gasteiger partial charge in [-0.1, -0.05) is 0 Å². The fourth-order valence-corrected chi connectivity index (χ4v) is 2.23. The van der Waals surface area contributed by atoms with Gasteiger partial charge in [0.05, 0.1) is 5.69 Å². The van der Waals surface area contributed by atoms with Crippen molar-refractivity contribution in [1.82, 2.24) is 4.98 Å². The summed E-state index contributed by atoms with van der Waals surface area (Å²) in [5.74, 6) is -0.460. The normalized spacial score (nSPS) is 12.3. The molecule has 2 nitrogen and oxygen atoms in total. The van der Waals surface area contributed by atoms with Gasteiger partial charge < -0.3 is 4.74 Å². The van der Waals surface area contributed by atoms with E-state index in [0.29, 0.717) is 3.57 Å². The second-order valence-electron chi connectivity index (χ2n) is 4.10. The Morgan fingerprint density at radius 1 is 0.864 bits per heavy atom. The van der Waals surface area contributed by atoms with Crippen molar-refractivity contribution < 1.29 is 31.1 Å². The molecule has 2 aromatic rings. The van der Waals surface area contributed by atoms with E-state index in [1.807, 2.05) is 0 Å². The largest absolute Gasteiger partial charge is 0.573 e. The molecule has 118 valence electrons. The van der Waals surface area contributed by atoms with Gasteiger partial charge in [0.1, 0.15) is 11.4 Å². The highest BCUT2D eigenvalue weighted by Crippen LogP contribution is 2.32. The van der Waals surface area contributed by atoms with Crippen LogP contribution in [0.5, 0.6) is 5.75 Å². The van der Waals surface area contributed by atoms with Crippen LogP contribution in [0, 0.1) is 3.57 Å². The minimum atomic E-state index is -4.83. The molecule has 0 atom stereocenters. The van der Waals surface area contributed by atoms with Gasteiger partial charge in [-0.2, -0.15) is 13.2 Å². The van der Waals surface area contributed by atoms with E-state index in [-0.39, 0.29) is 11.3 Å². The van der Waals surface area contributed by atoms with E-state index in [1.165, 1.54) is 18.2 Å². The van der Waals surface area contributed by atoms with E-state index < -0.39 is 24.0 Å². The molecular formula is C13H6F6INO. The van der Waals surface area contributed by atoms with Crippen LogP contribution >= 0.6 is 22.6 Å². The molecule has 9 heteroatoms. The van der Waals surface area contributed by atoms with E-state index in [9.17, 15) is 26.3 Å². The number of halogens is 7. The van der Waals surface area contributed by atoms with Gasteiger partial charge in [0.25, 0.3) is 0 Å². The molecule has 1 aromatic carbocycles. The molecule has 1 aromatic heterocycles. The van der Waals surface area contributed by atoms with Gasteiger partial charge in [-0.15, -0.1) is 13.2 Å². The monoisotopic (exact) mass is 433 g/mol. The molecule has 22 heavy (non-hydrogen) atoms. The summed E-state index contributed by atoms with van der Waals surface area (Å²) in [5, 5.41) is 0. The van der Waals surface area contributed by atoms with Crippen LogP contribution in [0.15, 0.2) is 36.4 Å². The standard InChI is InChI=1S/C13H6F6INO/c14-12(15,16)10-6-5-9(20)11(21-10)7-1-3-8(4-2-7)22-13(17,18)19/h1-6H. The molecule has 0 aliphatic rings. The van der Waals surface area contributed by atoms with Crippen molar-refractivity contribution >= 4 is 22.6 Å². The maximum absolute atomic E-state index is 12.7. The van der Waals surface area contributed by atoms with Crippen molar-refractivity contribution in [2.45, 2.75) is 12.5 Å². The number of hydrogen-bond acceptors (Lipinski definition) is 2. The maximum Gasteiger partial charge on any atom is 0.573 e. The lowest BCUT2D eigenvalue weighted by Gasteiger charge is -2.11. The first-order chi connectivity index (χ1) is 10.1. The smallest absolute Gasteiger partial charge is 0.406 e. The first-order valence-corrected chi connectivity index (χ1v) is 6.74. The fraction of sp³-hybridized carbons (Fsp3) is 0.154. The maximum atomic E-state index is 12.7. The molecule has 0 radical (unpaired) electrons. The second kappa shape index (κ2) is 5.94. The van der Waals surface area contributed by atoms with Crippen molar-refractivity contribution in [2.75, 3.05) is 0 Å². The highest BCUT2D eigenvalue weighted by Gasteiger charge is 2.33. The molecule has 1 heterocycles. The number of alkyl halides is 6. The van der Waals surface area contributed by atoms with Gasteiger partial charge >= 0.3 is 12.5 Å². The number of aromatic nitrogens is 1. The number of ether oxygens (including phenoxy) is 1. The van der Waals surface area contributed by atoms with E-state index in [2.05, 4.69) is 9.72 Å². The lowest BCUT2D eigenvalue weighted by molar-refractivity contribution is -0.274. The van der Waals surface area contributed by atoms with E-state index in [0.717, 1.165) is 18.2 Å². The average molecular weight is 433 g/mol. The quantitative estimate of drug-likeness (QED) is 0.476. The SMILES string of the molecule is FC(F)(F)Oc1ccc(-c2nc(C(F)(F)F)ccc2I)cc1. The van der Waals surface area contributed by atoms with Crippen molar-refractivity contribution in [2.24, 2.45) is 0 Å². The molecule has 0 spiro atoms. The van der Waals surface area contributed by atoms with Crippen molar-refractivity contribution in [3.05, 3.63) is 45.7 Å². The Morgan fingerprint density at radius 2 is 1.45 bits per heavy atom. The summed E-state index contributed by atoms with van der Waals surface area (Å²) < 4.78 is 78.3. The predicted octanol–water partition coefficient (Wildman–Crippen LogP) is 5.27. The zero-order valence-electron chi connectivity index (χ0n) is 10.5. The second-order valence-corrected chi connectivity index (χ2v) is 5.26. The Hall–Kier alpha value is -1.52. The number of nitrogens with zero attached hydrogens (tertiary/aromatic N) is 1. The predicted molar refractivity (Wildman–Crippen MR) is 74.1 cm³/mol. The van der Waals surface area contributed by atoms with Crippen LogP contribution in [-0.4, -0.2) is 11.3 Å². The lowest BCUT2D eigenvalue weighted by Crippen LogP contribution is -2.17. The summed E-state index contributed by atoms with van der Waals surface area (Å²) >= 11 is 1.80. The number of rotatable bonds is 2. The minimum absolute atomic E-state index is 0.0361. The van der Waals surface area contributed by atoms with Gasteiger partial charge in [0, 0.05) is 9.13 Å². The van der Waals surface area contributed by atoms with Crippen LogP contribution in [0.25, 0.3) is 11.3 Å². The molecule has 0 N–H and O–H groups in total. The van der Waals surface area contributed by atoms with Gasteiger partial charge in [-0.25, -0.2) is 4.98 Å². The average Bonchev–Trinajstić information content (AvgIpc) is 2.37. The number of hydrogen-bond donors (Lipinski definition) is 0. The molecule has 0 saturated heterocycles. The minimum Gasteiger partial charge on any atom is -0.406 e. The topological polar surface area (TPSA) is 22.1 Å². The van der Waals surface area contributed by atoms with Crippen molar-refractivity contribution in [3.8, 4) is 17.0 Å². The Morgan fingerprint density at radius 3 is 1.95 bits per heavy atom. The Balaban J connectivity index is 2.36. The van der Waals surface area contributed by atoms with E-state index in [1.54, 1.807) is 22.6 Å². The van der Waals surface area contributed by atoms with Crippen LogP contribution in [-0.2, 0) is 6.18 Å². The van der Waals surface area contributed by atoms with E-state index >= 15 is 0 Å². The summed E-state index contributed by atoms with van der Waals surface area (Å²) in [6.07, 6.45) is -9.43. The van der Waals surface area contributed by atoms with Gasteiger partial charge in [0.15, 0.2) is 0 Å². The summed E-state index contributed by atoms with van der Waals surface area (Å²) in [4.78, 5) is 3.52. The van der Waals surface area contributed by atoms with Gasteiger partial charge in [-0.05, 0) is 59.0 Å². The first-order valence-electron chi connectivity index (χ1n) is 5.66. The van der Waals surface area contributed by atoms with Crippen molar-refractivity contribution in [1.29, 1.82) is 0 Å². The Labute approximate surface area is 134 Å². The Bertz CT molecular complexity index is 666. The van der Waals surface area contributed by atoms with Crippen LogP contribution < -0.4 is 4.74 Å². The highest BCUT2D eigenvalue weighted by molar-refractivity contribution is 14.1. The molecule has 0 aliphatic carbocycles. The molecular weight excluding hydrogens is 427 g/mol. The molecule has 0 amide bonds. The molecule has 0 unspecified atom stereocenters. The van der Waals surface area contributed by atoms with E-state index in [4.69, 9.17) is 0 Å². The third-order valence-corrected chi connectivity index (χ3v) is 3.37. The summed E-state index contributed by atoms with van der Waals surface area (Å²) in [6.45, 7) is 0. The summed E-state index contributed by atoms with van der Waals surface area (Å²) in [7, 11) is 0. The van der Waals surface area contributed by atoms with Crippen LogP contribution in [0.1, 0.15) is 5.69 Å². The number of pyridine rings is 1. The molecule has 2 rings (SSSR count). The van der Waals surface area contributed by atoms with Crippen LogP contribution in [0.3, 0.4) is 0 Å². The number of benzene rings is 1. The third-order valence-electron chi connectivity index (χ3n) is 2.50. The van der Waals surface area contributed by atoms with Crippen LogP contribution in [0.4, 0.5) is 26.3 Å². The Kier molecular flexibility index (Phi) is 4.54. The zero-order valence-corrected chi connectivity index (χ0v) is 12.6. The summed E-state index contributed by atoms with van der Waals surface area (Å²) in [5.41, 5.74) is -0.780. The van der Waals surface area contributed by atoms with Gasteiger partial charge in [-0.3, -0.25) is 0 Å². The summed E-state index contributed by atoms with van der Waals surface area (Å²) in [6, 6.07) is 6.54.